The second kappa shape index (κ2) is 9.10. The van der Waals surface area contributed by atoms with Crippen molar-refractivity contribution in [1.29, 1.82) is 0 Å². The fourth-order valence-corrected chi connectivity index (χ4v) is 2.37. The van der Waals surface area contributed by atoms with Crippen LogP contribution in [0.2, 0.25) is 0 Å². The largest absolute Gasteiger partial charge is 0.388 e. The maximum absolute atomic E-state index is 10.2. The second-order valence-corrected chi connectivity index (χ2v) is 4.77. The first-order valence-corrected chi connectivity index (χ1v) is 7.52. The smallest absolute Gasteiger partial charge is 0.0823 e. The van der Waals surface area contributed by atoms with E-state index in [9.17, 15) is 5.11 Å². The Balaban J connectivity index is 2.77. The molecule has 0 aromatic carbocycles. The molecule has 1 atom stereocenters. The van der Waals surface area contributed by atoms with E-state index in [1.807, 2.05) is 11.6 Å². The highest BCUT2D eigenvalue weighted by Gasteiger charge is 2.20. The topological polar surface area (TPSA) is 56.5 Å². The molecule has 0 amide bonds. The van der Waals surface area contributed by atoms with Gasteiger partial charge in [0.2, 0.25) is 0 Å². The lowest BCUT2D eigenvalue weighted by molar-refractivity contribution is 0.0650. The number of ether oxygens (including phenoxy) is 2. The monoisotopic (exact) mass is 284 g/mol. The molecule has 0 aliphatic carbocycles. The van der Waals surface area contributed by atoms with Crippen LogP contribution in [0.3, 0.4) is 0 Å². The quantitative estimate of drug-likeness (QED) is 0.669. The minimum atomic E-state index is -0.414. The van der Waals surface area contributed by atoms with E-state index in [1.54, 1.807) is 7.11 Å². The molecule has 5 heteroatoms. The van der Waals surface area contributed by atoms with Crippen LogP contribution in [0.25, 0.3) is 0 Å². The van der Waals surface area contributed by atoms with Gasteiger partial charge in [-0.1, -0.05) is 20.8 Å². The van der Waals surface area contributed by atoms with Gasteiger partial charge >= 0.3 is 0 Å². The molecule has 116 valence electrons. The number of aliphatic hydroxyl groups is 1. The van der Waals surface area contributed by atoms with Crippen molar-refractivity contribution in [3.05, 3.63) is 17.0 Å². The highest BCUT2D eigenvalue weighted by atomic mass is 16.5. The number of hydrogen-bond donors (Lipinski definition) is 1. The van der Waals surface area contributed by atoms with Gasteiger partial charge in [-0.15, -0.1) is 0 Å². The molecule has 0 radical (unpaired) electrons. The molecule has 0 bridgehead atoms. The van der Waals surface area contributed by atoms with Crippen molar-refractivity contribution >= 4 is 0 Å². The second-order valence-electron chi connectivity index (χ2n) is 4.77. The summed E-state index contributed by atoms with van der Waals surface area (Å²) in [5, 5.41) is 14.8. The average molecular weight is 284 g/mol. The van der Waals surface area contributed by atoms with E-state index in [-0.39, 0.29) is 0 Å². The Morgan fingerprint density at radius 2 is 1.90 bits per heavy atom. The van der Waals surface area contributed by atoms with Crippen LogP contribution in [0.4, 0.5) is 0 Å². The number of aromatic nitrogens is 2. The number of methoxy groups -OCH3 is 1. The number of hydrogen-bond acceptors (Lipinski definition) is 4. The summed E-state index contributed by atoms with van der Waals surface area (Å²) in [5.41, 5.74) is 3.16. The molecule has 0 aliphatic heterocycles. The predicted octanol–water partition coefficient (Wildman–Crippen LogP) is 2.11. The Morgan fingerprint density at radius 1 is 1.15 bits per heavy atom. The first-order valence-electron chi connectivity index (χ1n) is 7.52. The maximum Gasteiger partial charge on any atom is 0.0823 e. The van der Waals surface area contributed by atoms with E-state index in [4.69, 9.17) is 9.47 Å². The Kier molecular flexibility index (Phi) is 7.80. The normalized spacial score (nSPS) is 12.8. The van der Waals surface area contributed by atoms with Crippen LogP contribution < -0.4 is 0 Å². The number of nitrogens with zero attached hydrogens (tertiary/aromatic N) is 2. The molecule has 0 saturated carbocycles. The number of aliphatic hydroxyl groups excluding tert-OH is 1. The van der Waals surface area contributed by atoms with Crippen LogP contribution in [0.15, 0.2) is 0 Å². The molecule has 1 heterocycles. The van der Waals surface area contributed by atoms with Crippen molar-refractivity contribution in [1.82, 2.24) is 9.78 Å². The lowest BCUT2D eigenvalue weighted by Gasteiger charge is -2.12. The fourth-order valence-electron chi connectivity index (χ4n) is 2.37. The van der Waals surface area contributed by atoms with E-state index in [0.717, 1.165) is 42.8 Å². The summed E-state index contributed by atoms with van der Waals surface area (Å²) < 4.78 is 12.4. The fraction of sp³-hybridized carbons (Fsp3) is 0.800. The molecule has 0 saturated heterocycles. The highest BCUT2D eigenvalue weighted by molar-refractivity contribution is 5.29. The number of rotatable bonds is 10. The van der Waals surface area contributed by atoms with E-state index >= 15 is 0 Å². The SMILES string of the molecule is CCc1nn(CCOCCOC)c(CC)c1C(O)CC. The molecule has 1 aromatic rings. The molecule has 20 heavy (non-hydrogen) atoms. The van der Waals surface area contributed by atoms with E-state index in [1.165, 1.54) is 0 Å². The van der Waals surface area contributed by atoms with Gasteiger partial charge in [0.25, 0.3) is 0 Å². The summed E-state index contributed by atoms with van der Waals surface area (Å²) in [6.07, 6.45) is 2.02. The van der Waals surface area contributed by atoms with Gasteiger partial charge in [-0.2, -0.15) is 5.10 Å². The molecule has 1 N–H and O–H groups in total. The summed E-state index contributed by atoms with van der Waals surface area (Å²) in [6.45, 7) is 8.72. The van der Waals surface area contributed by atoms with E-state index in [2.05, 4.69) is 18.9 Å². The van der Waals surface area contributed by atoms with Gasteiger partial charge < -0.3 is 14.6 Å². The Morgan fingerprint density at radius 3 is 2.45 bits per heavy atom. The average Bonchev–Trinajstić information content (AvgIpc) is 2.83. The third-order valence-electron chi connectivity index (χ3n) is 3.44. The third-order valence-corrected chi connectivity index (χ3v) is 3.44. The van der Waals surface area contributed by atoms with E-state index < -0.39 is 6.10 Å². The summed E-state index contributed by atoms with van der Waals surface area (Å²) in [6, 6.07) is 0. The zero-order chi connectivity index (χ0) is 15.0. The van der Waals surface area contributed by atoms with Gasteiger partial charge in [-0.05, 0) is 19.3 Å². The van der Waals surface area contributed by atoms with Crippen molar-refractivity contribution in [3.8, 4) is 0 Å². The molecule has 0 fully saturated rings. The molecule has 1 aromatic heterocycles. The van der Waals surface area contributed by atoms with Crippen LogP contribution in [0.1, 0.15) is 50.2 Å². The summed E-state index contributed by atoms with van der Waals surface area (Å²) in [5.74, 6) is 0. The minimum absolute atomic E-state index is 0.414. The zero-order valence-electron chi connectivity index (χ0n) is 13.2. The molecular formula is C15H28N2O3. The van der Waals surface area contributed by atoms with Crippen LogP contribution in [-0.4, -0.2) is 41.8 Å². The van der Waals surface area contributed by atoms with E-state index in [0.29, 0.717) is 19.8 Å². The van der Waals surface area contributed by atoms with Crippen molar-refractivity contribution in [3.63, 3.8) is 0 Å². The van der Waals surface area contributed by atoms with Crippen molar-refractivity contribution in [2.45, 2.75) is 52.7 Å². The first-order chi connectivity index (χ1) is 9.69. The van der Waals surface area contributed by atoms with Crippen LogP contribution in [0, 0.1) is 0 Å². The minimum Gasteiger partial charge on any atom is -0.388 e. The third kappa shape index (κ3) is 4.30. The first kappa shape index (κ1) is 17.1. The van der Waals surface area contributed by atoms with Gasteiger partial charge in [0, 0.05) is 18.4 Å². The summed E-state index contributed by atoms with van der Waals surface area (Å²) in [4.78, 5) is 0. The zero-order valence-corrected chi connectivity index (χ0v) is 13.2. The number of aryl methyl sites for hydroxylation is 1. The van der Waals surface area contributed by atoms with Crippen LogP contribution >= 0.6 is 0 Å². The summed E-state index contributed by atoms with van der Waals surface area (Å²) >= 11 is 0. The van der Waals surface area contributed by atoms with Crippen molar-refractivity contribution in [2.24, 2.45) is 0 Å². The van der Waals surface area contributed by atoms with Gasteiger partial charge in [0.1, 0.15) is 0 Å². The lowest BCUT2D eigenvalue weighted by Crippen LogP contribution is -2.13. The molecule has 5 nitrogen and oxygen atoms in total. The van der Waals surface area contributed by atoms with Gasteiger partial charge in [0.05, 0.1) is 38.2 Å². The summed E-state index contributed by atoms with van der Waals surface area (Å²) in [7, 11) is 1.66. The van der Waals surface area contributed by atoms with Gasteiger partial charge in [-0.3, -0.25) is 4.68 Å². The highest BCUT2D eigenvalue weighted by Crippen LogP contribution is 2.25. The molecule has 1 rings (SSSR count). The molecule has 1 unspecified atom stereocenters. The van der Waals surface area contributed by atoms with Crippen molar-refractivity contribution < 1.29 is 14.6 Å². The van der Waals surface area contributed by atoms with Crippen molar-refractivity contribution in [2.75, 3.05) is 26.9 Å². The molecular weight excluding hydrogens is 256 g/mol. The Bertz CT molecular complexity index is 391. The lowest BCUT2D eigenvalue weighted by atomic mass is 10.0. The van der Waals surface area contributed by atoms with Crippen LogP contribution in [-0.2, 0) is 28.9 Å². The van der Waals surface area contributed by atoms with Crippen LogP contribution in [0.5, 0.6) is 0 Å². The predicted molar refractivity (Wildman–Crippen MR) is 78.9 cm³/mol. The Labute approximate surface area is 121 Å². The van der Waals surface area contributed by atoms with Gasteiger partial charge in [0.15, 0.2) is 0 Å². The molecule has 0 aliphatic rings. The Hall–Kier alpha value is -0.910. The standard InChI is InChI=1S/C15H28N2O3/c1-5-12-15(14(18)7-3)13(6-2)17(16-12)8-9-20-11-10-19-4/h14,18H,5-11H2,1-4H3. The maximum atomic E-state index is 10.2. The van der Waals surface area contributed by atoms with Gasteiger partial charge in [-0.25, -0.2) is 0 Å². The molecule has 0 spiro atoms.